The first kappa shape index (κ1) is 21.1. The van der Waals surface area contributed by atoms with Gasteiger partial charge >= 0.3 is 11.7 Å². The summed E-state index contributed by atoms with van der Waals surface area (Å²) in [5.41, 5.74) is 2.89. The summed E-state index contributed by atoms with van der Waals surface area (Å²) in [7, 11) is 1.30. The number of rotatable bonds is 9. The van der Waals surface area contributed by atoms with E-state index in [1.54, 1.807) is 6.92 Å². The van der Waals surface area contributed by atoms with Crippen molar-refractivity contribution in [1.82, 2.24) is 14.5 Å². The zero-order valence-corrected chi connectivity index (χ0v) is 14.6. The Morgan fingerprint density at radius 2 is 2.04 bits per heavy atom. The number of carboxylic acid groups (broad SMARTS) is 1. The second-order valence-electron chi connectivity index (χ2n) is 5.79. The molecule has 1 rings (SSSR count). The van der Waals surface area contributed by atoms with Crippen LogP contribution in [-0.2, 0) is 25.7 Å². The van der Waals surface area contributed by atoms with Crippen molar-refractivity contribution in [2.45, 2.75) is 32.4 Å². The number of aromatic nitrogens is 2. The van der Waals surface area contributed by atoms with Crippen LogP contribution in [-0.4, -0.2) is 58.5 Å². The summed E-state index contributed by atoms with van der Waals surface area (Å²) >= 11 is 0. The number of aromatic amines is 1. The number of nitrogens with zero attached hydrogens (tertiary/aromatic N) is 2. The van der Waals surface area contributed by atoms with Crippen molar-refractivity contribution in [2.24, 2.45) is 0 Å². The van der Waals surface area contributed by atoms with Crippen LogP contribution in [0, 0.1) is 6.92 Å². The second-order valence-corrected chi connectivity index (χ2v) is 5.79. The van der Waals surface area contributed by atoms with Gasteiger partial charge in [-0.1, -0.05) is 0 Å². The highest BCUT2D eigenvalue weighted by Crippen LogP contribution is 2.00. The molecular formula is C15H22N4O7. The van der Waals surface area contributed by atoms with Gasteiger partial charge in [-0.25, -0.2) is 4.79 Å². The van der Waals surface area contributed by atoms with E-state index in [-0.39, 0.29) is 26.0 Å². The van der Waals surface area contributed by atoms with Gasteiger partial charge in [0.25, 0.3) is 11.5 Å². The van der Waals surface area contributed by atoms with E-state index in [1.807, 2.05) is 0 Å². The van der Waals surface area contributed by atoms with Crippen molar-refractivity contribution >= 4 is 17.8 Å². The number of nitrogens with one attached hydrogen (secondary N) is 1. The summed E-state index contributed by atoms with van der Waals surface area (Å²) in [6.07, 6.45) is 1.37. The normalized spacial score (nSPS) is 11.7. The molecule has 0 saturated heterocycles. The summed E-state index contributed by atoms with van der Waals surface area (Å²) in [4.78, 5) is 59.9. The third-order valence-electron chi connectivity index (χ3n) is 3.57. The van der Waals surface area contributed by atoms with E-state index in [0.29, 0.717) is 5.56 Å². The molecule has 1 aromatic rings. The number of likely N-dealkylation sites (N-methyl/N-ethyl adjacent to an activating group) is 1. The van der Waals surface area contributed by atoms with Gasteiger partial charge in [0.15, 0.2) is 6.04 Å². The monoisotopic (exact) mass is 370 g/mol. The first-order valence-electron chi connectivity index (χ1n) is 7.85. The summed E-state index contributed by atoms with van der Waals surface area (Å²) in [5, 5.41) is 10.5. The van der Waals surface area contributed by atoms with Crippen molar-refractivity contribution in [1.29, 1.82) is 0 Å². The van der Waals surface area contributed by atoms with Crippen molar-refractivity contribution in [3.8, 4) is 0 Å². The molecule has 0 aliphatic heterocycles. The van der Waals surface area contributed by atoms with Crippen molar-refractivity contribution < 1.29 is 30.0 Å². The molecule has 1 atom stereocenters. The van der Waals surface area contributed by atoms with Crippen LogP contribution in [0.1, 0.15) is 18.4 Å². The highest BCUT2D eigenvalue weighted by atomic mass is 16.5. The number of esters is 1. The van der Waals surface area contributed by atoms with Crippen molar-refractivity contribution in [2.75, 3.05) is 20.2 Å². The molecule has 0 unspecified atom stereocenters. The fourth-order valence-corrected chi connectivity index (χ4v) is 2.11. The maximum absolute atomic E-state index is 11.8. The Bertz CT molecular complexity index is 783. The van der Waals surface area contributed by atoms with Crippen LogP contribution in [0.5, 0.6) is 0 Å². The van der Waals surface area contributed by atoms with E-state index in [2.05, 4.69) is 10.7 Å². The van der Waals surface area contributed by atoms with E-state index in [9.17, 15) is 29.1 Å². The lowest BCUT2D eigenvalue weighted by molar-refractivity contribution is -0.406. The molecule has 26 heavy (non-hydrogen) atoms. The first-order chi connectivity index (χ1) is 12.1. The Morgan fingerprint density at radius 1 is 1.38 bits per heavy atom. The van der Waals surface area contributed by atoms with Gasteiger partial charge < -0.3 is 25.3 Å². The highest BCUT2D eigenvalue weighted by Gasteiger charge is 2.22. The Balaban J connectivity index is 2.40. The minimum Gasteiger partial charge on any atom is -0.548 e. The molecule has 0 aliphatic rings. The molecule has 0 aliphatic carbocycles. The molecule has 0 saturated carbocycles. The highest BCUT2D eigenvalue weighted by molar-refractivity contribution is 5.84. The Labute approximate surface area is 148 Å². The van der Waals surface area contributed by atoms with Gasteiger partial charge in [0.05, 0.1) is 25.5 Å². The zero-order valence-electron chi connectivity index (χ0n) is 14.6. The van der Waals surface area contributed by atoms with E-state index < -0.39 is 41.7 Å². The van der Waals surface area contributed by atoms with Crippen LogP contribution in [0.3, 0.4) is 0 Å². The number of H-pyrrole nitrogens is 1. The van der Waals surface area contributed by atoms with Gasteiger partial charge in [-0.3, -0.25) is 23.9 Å². The van der Waals surface area contributed by atoms with E-state index in [4.69, 9.17) is 4.74 Å². The smallest absolute Gasteiger partial charge is 0.328 e. The molecule has 1 amide bonds. The topological polar surface area (TPSA) is 169 Å². The molecule has 0 spiro atoms. The number of aliphatic carboxylic acids is 1. The summed E-state index contributed by atoms with van der Waals surface area (Å²) in [6, 6.07) is -0.795. The van der Waals surface area contributed by atoms with Crippen LogP contribution in [0.2, 0.25) is 0 Å². The number of carbonyl (C=O) groups is 3. The quantitative estimate of drug-likeness (QED) is 0.417. The summed E-state index contributed by atoms with van der Waals surface area (Å²) in [6.45, 7) is 0.986. The third kappa shape index (κ3) is 6.51. The van der Waals surface area contributed by atoms with Crippen LogP contribution in [0.25, 0.3) is 0 Å². The predicted octanol–water partition coefficient (Wildman–Crippen LogP) is -4.01. The van der Waals surface area contributed by atoms with Gasteiger partial charge in [0.1, 0.15) is 6.61 Å². The minimum absolute atomic E-state index is 0.0727. The van der Waals surface area contributed by atoms with Crippen LogP contribution in [0.15, 0.2) is 15.8 Å². The lowest BCUT2D eigenvalue weighted by atomic mass is 10.1. The maximum atomic E-state index is 11.8. The lowest BCUT2D eigenvalue weighted by Gasteiger charge is -2.19. The Hall–Kier alpha value is -2.95. The van der Waals surface area contributed by atoms with Gasteiger partial charge in [0.2, 0.25) is 0 Å². The average molecular weight is 370 g/mol. The zero-order chi connectivity index (χ0) is 19.9. The number of carbonyl (C=O) groups excluding carboxylic acids is 3. The SMILES string of the molecule is Cc1cn(CCOC(=O)CC[C@H]([NH3+])C(=O)N(C)CC(=O)[O-])c(=O)[nH]c1=O. The van der Waals surface area contributed by atoms with E-state index in [0.717, 1.165) is 4.90 Å². The molecule has 1 aromatic heterocycles. The van der Waals surface area contributed by atoms with Crippen LogP contribution in [0.4, 0.5) is 0 Å². The fourth-order valence-electron chi connectivity index (χ4n) is 2.11. The van der Waals surface area contributed by atoms with Gasteiger partial charge in [-0.05, 0) is 6.92 Å². The number of ether oxygens (including phenoxy) is 1. The van der Waals surface area contributed by atoms with Gasteiger partial charge in [-0.15, -0.1) is 0 Å². The molecule has 0 aromatic carbocycles. The van der Waals surface area contributed by atoms with Crippen LogP contribution >= 0.6 is 0 Å². The number of hydrogen-bond acceptors (Lipinski definition) is 7. The van der Waals surface area contributed by atoms with Gasteiger partial charge in [0, 0.05) is 25.2 Å². The molecule has 1 heterocycles. The van der Waals surface area contributed by atoms with E-state index >= 15 is 0 Å². The molecule has 11 heteroatoms. The molecule has 11 nitrogen and oxygen atoms in total. The molecule has 0 radical (unpaired) electrons. The van der Waals surface area contributed by atoms with Crippen molar-refractivity contribution in [3.63, 3.8) is 0 Å². The minimum atomic E-state index is -1.39. The Morgan fingerprint density at radius 3 is 2.65 bits per heavy atom. The Kier molecular flexibility index (Phi) is 7.72. The first-order valence-corrected chi connectivity index (χ1v) is 7.85. The average Bonchev–Trinajstić information content (AvgIpc) is 2.55. The molecule has 144 valence electrons. The number of hydrogen-bond donors (Lipinski definition) is 2. The molecule has 4 N–H and O–H groups in total. The molecule has 0 fully saturated rings. The fraction of sp³-hybridized carbons (Fsp3) is 0.533. The largest absolute Gasteiger partial charge is 0.548 e. The standard InChI is InChI=1S/C15H22N4O7/c1-9-7-19(15(25)17-13(9)23)5-6-26-12(22)4-3-10(16)14(24)18(2)8-11(20)21/h7,10H,3-6,8,16H2,1-2H3,(H,20,21)(H,17,23,25)/t10-/m0/s1. The van der Waals surface area contributed by atoms with E-state index in [1.165, 1.54) is 17.8 Å². The number of aryl methyl sites for hydroxylation is 1. The second kappa shape index (κ2) is 9.51. The van der Waals surface area contributed by atoms with Gasteiger partial charge in [-0.2, -0.15) is 0 Å². The summed E-state index contributed by atoms with van der Waals surface area (Å²) < 4.78 is 6.19. The number of amides is 1. The number of quaternary nitrogens is 1. The van der Waals surface area contributed by atoms with Crippen LogP contribution < -0.4 is 22.1 Å². The summed E-state index contributed by atoms with van der Waals surface area (Å²) in [5.74, 6) is -2.49. The molecule has 0 bridgehead atoms. The number of carboxylic acids is 1. The maximum Gasteiger partial charge on any atom is 0.328 e. The van der Waals surface area contributed by atoms with Crippen molar-refractivity contribution in [3.05, 3.63) is 32.6 Å². The lowest BCUT2D eigenvalue weighted by Crippen LogP contribution is -2.68. The third-order valence-corrected chi connectivity index (χ3v) is 3.57. The molecular weight excluding hydrogens is 348 g/mol. The predicted molar refractivity (Wildman–Crippen MR) is 85.6 cm³/mol.